The van der Waals surface area contributed by atoms with Crippen LogP contribution in [0, 0.1) is 0 Å². The van der Waals surface area contributed by atoms with Crippen LogP contribution in [-0.2, 0) is 22.7 Å². The van der Waals surface area contributed by atoms with Crippen LogP contribution in [0.4, 0.5) is 18.9 Å². The maximum Gasteiger partial charge on any atom is 0.416 e. The summed E-state index contributed by atoms with van der Waals surface area (Å²) < 4.78 is 60.3. The molecule has 0 saturated heterocycles. The molecule has 0 aliphatic rings. The monoisotopic (exact) mass is 389 g/mol. The van der Waals surface area contributed by atoms with Crippen LogP contribution in [0.1, 0.15) is 11.1 Å². The van der Waals surface area contributed by atoms with E-state index in [4.69, 9.17) is 17.4 Å². The molecule has 2 aromatic carbocycles. The van der Waals surface area contributed by atoms with Gasteiger partial charge in [0.15, 0.2) is 5.11 Å². The summed E-state index contributed by atoms with van der Waals surface area (Å²) in [5.74, 6) is 0. The van der Waals surface area contributed by atoms with Gasteiger partial charge in [0.05, 0.1) is 10.5 Å². The molecule has 10 heteroatoms. The molecule has 0 aliphatic carbocycles. The Bertz CT molecular complexity index is 866. The summed E-state index contributed by atoms with van der Waals surface area (Å²) in [5, 5.41) is 10.6. The van der Waals surface area contributed by atoms with Gasteiger partial charge in [0.25, 0.3) is 0 Å². The summed E-state index contributed by atoms with van der Waals surface area (Å²) >= 11 is 5.04. The molecule has 2 rings (SSSR count). The molecule has 4 N–H and O–H groups in total. The number of primary sulfonamides is 1. The fourth-order valence-corrected chi connectivity index (χ4v) is 2.63. The number of thiocarbonyl (C=S) groups is 1. The van der Waals surface area contributed by atoms with Gasteiger partial charge in [0.1, 0.15) is 0 Å². The van der Waals surface area contributed by atoms with Crippen LogP contribution in [-0.4, -0.2) is 13.5 Å². The Morgan fingerprint density at radius 1 is 1.12 bits per heavy atom. The summed E-state index contributed by atoms with van der Waals surface area (Å²) in [6.07, 6.45) is -4.43. The normalized spacial score (nSPS) is 11.8. The minimum atomic E-state index is -4.43. The third-order valence-electron chi connectivity index (χ3n) is 3.15. The summed E-state index contributed by atoms with van der Waals surface area (Å²) in [4.78, 5) is -0.0130. The van der Waals surface area contributed by atoms with E-state index in [1.54, 1.807) is 12.1 Å². The first kappa shape index (κ1) is 19.2. The molecule has 0 radical (unpaired) electrons. The average Bonchev–Trinajstić information content (AvgIpc) is 2.52. The number of benzene rings is 2. The van der Waals surface area contributed by atoms with Gasteiger partial charge >= 0.3 is 6.18 Å². The first-order valence-electron chi connectivity index (χ1n) is 6.89. The van der Waals surface area contributed by atoms with E-state index in [0.717, 1.165) is 17.7 Å². The second-order valence-corrected chi connectivity index (χ2v) is 7.04. The topological polar surface area (TPSA) is 84.2 Å². The summed E-state index contributed by atoms with van der Waals surface area (Å²) in [7, 11) is -3.76. The highest BCUT2D eigenvalue weighted by Gasteiger charge is 2.30. The smallest absolute Gasteiger partial charge is 0.358 e. The van der Waals surface area contributed by atoms with Gasteiger partial charge in [-0.15, -0.1) is 0 Å². The molecule has 0 amide bonds. The van der Waals surface area contributed by atoms with E-state index in [1.165, 1.54) is 24.3 Å². The fraction of sp³-hybridized carbons (Fsp3) is 0.133. The van der Waals surface area contributed by atoms with E-state index in [-0.39, 0.29) is 22.2 Å². The van der Waals surface area contributed by atoms with Crippen LogP contribution in [0.5, 0.6) is 0 Å². The Balaban J connectivity index is 1.95. The maximum absolute atomic E-state index is 12.7. The molecule has 0 unspecified atom stereocenters. The van der Waals surface area contributed by atoms with Gasteiger partial charge in [0.2, 0.25) is 10.0 Å². The van der Waals surface area contributed by atoms with Crippen molar-refractivity contribution >= 4 is 33.0 Å². The predicted octanol–water partition coefficient (Wildman–Crippen LogP) is 2.84. The minimum Gasteiger partial charge on any atom is -0.358 e. The number of anilines is 1. The van der Waals surface area contributed by atoms with Crippen LogP contribution in [0.2, 0.25) is 0 Å². The van der Waals surface area contributed by atoms with Crippen LogP contribution in [0.3, 0.4) is 0 Å². The van der Waals surface area contributed by atoms with Crippen LogP contribution in [0.25, 0.3) is 0 Å². The van der Waals surface area contributed by atoms with E-state index in [9.17, 15) is 21.6 Å². The Morgan fingerprint density at radius 2 is 1.76 bits per heavy atom. The van der Waals surface area contributed by atoms with Crippen LogP contribution >= 0.6 is 12.2 Å². The predicted molar refractivity (Wildman–Crippen MR) is 92.3 cm³/mol. The minimum absolute atomic E-state index is 0.0130. The first-order chi connectivity index (χ1) is 11.6. The molecule has 25 heavy (non-hydrogen) atoms. The highest BCUT2D eigenvalue weighted by atomic mass is 32.2. The summed E-state index contributed by atoms with van der Waals surface area (Å²) in [5.41, 5.74) is 0.149. The van der Waals surface area contributed by atoms with Crippen molar-refractivity contribution in [2.24, 2.45) is 5.14 Å². The van der Waals surface area contributed by atoms with Crippen molar-refractivity contribution in [1.29, 1.82) is 0 Å². The zero-order valence-electron chi connectivity index (χ0n) is 12.7. The fourth-order valence-electron chi connectivity index (χ4n) is 1.93. The number of hydrogen-bond acceptors (Lipinski definition) is 3. The van der Waals surface area contributed by atoms with Crippen molar-refractivity contribution in [3.05, 3.63) is 59.7 Å². The molecule has 0 saturated carbocycles. The van der Waals surface area contributed by atoms with Crippen molar-refractivity contribution in [3.8, 4) is 0 Å². The van der Waals surface area contributed by atoms with E-state index >= 15 is 0 Å². The number of nitrogens with two attached hydrogens (primary N) is 1. The Kier molecular flexibility index (Phi) is 5.65. The quantitative estimate of drug-likeness (QED) is 0.701. The SMILES string of the molecule is NS(=O)(=O)c1ccc(CNC(=S)Nc2cccc(C(F)(F)F)c2)cc1. The number of hydrogen-bond donors (Lipinski definition) is 3. The Labute approximate surface area is 148 Å². The van der Waals surface area contributed by atoms with Crippen molar-refractivity contribution in [2.45, 2.75) is 17.6 Å². The van der Waals surface area contributed by atoms with E-state index in [2.05, 4.69) is 10.6 Å². The largest absolute Gasteiger partial charge is 0.416 e. The molecule has 0 fully saturated rings. The molecule has 2 aromatic rings. The lowest BCUT2D eigenvalue weighted by atomic mass is 10.2. The van der Waals surface area contributed by atoms with Gasteiger partial charge in [-0.1, -0.05) is 18.2 Å². The van der Waals surface area contributed by atoms with E-state index in [1.807, 2.05) is 0 Å². The molecule has 0 spiro atoms. The molecule has 0 aliphatic heterocycles. The molecule has 0 bridgehead atoms. The van der Waals surface area contributed by atoms with Gasteiger partial charge < -0.3 is 10.6 Å². The zero-order valence-corrected chi connectivity index (χ0v) is 14.3. The number of halogens is 3. The molecule has 134 valence electrons. The zero-order chi connectivity index (χ0) is 18.7. The number of alkyl halides is 3. The van der Waals surface area contributed by atoms with Gasteiger partial charge in [-0.3, -0.25) is 0 Å². The van der Waals surface area contributed by atoms with Crippen molar-refractivity contribution in [2.75, 3.05) is 5.32 Å². The van der Waals surface area contributed by atoms with Crippen LogP contribution in [0.15, 0.2) is 53.4 Å². The highest BCUT2D eigenvalue weighted by Crippen LogP contribution is 2.30. The van der Waals surface area contributed by atoms with E-state index < -0.39 is 21.8 Å². The second kappa shape index (κ2) is 7.38. The van der Waals surface area contributed by atoms with Gasteiger partial charge in [-0.05, 0) is 48.1 Å². The van der Waals surface area contributed by atoms with Gasteiger partial charge in [0, 0.05) is 12.2 Å². The standard InChI is InChI=1S/C15H14F3N3O2S2/c16-15(17,18)11-2-1-3-12(8-11)21-14(24)20-9-10-4-6-13(7-5-10)25(19,22)23/h1-8H,9H2,(H2,19,22,23)(H2,20,21,24). The summed E-state index contributed by atoms with van der Waals surface area (Å²) in [6.45, 7) is 0.260. The maximum atomic E-state index is 12.7. The van der Waals surface area contributed by atoms with E-state index in [0.29, 0.717) is 0 Å². The third-order valence-corrected chi connectivity index (χ3v) is 4.33. The van der Waals surface area contributed by atoms with Crippen molar-refractivity contribution in [1.82, 2.24) is 5.32 Å². The first-order valence-corrected chi connectivity index (χ1v) is 8.85. The molecule has 0 aromatic heterocycles. The molecular weight excluding hydrogens is 375 g/mol. The van der Waals surface area contributed by atoms with Gasteiger partial charge in [-0.2, -0.15) is 13.2 Å². The van der Waals surface area contributed by atoms with Crippen LogP contribution < -0.4 is 15.8 Å². The highest BCUT2D eigenvalue weighted by molar-refractivity contribution is 7.89. The second-order valence-electron chi connectivity index (χ2n) is 5.08. The Hall–Kier alpha value is -2.17. The van der Waals surface area contributed by atoms with Gasteiger partial charge in [-0.25, -0.2) is 13.6 Å². The van der Waals surface area contributed by atoms with Crippen molar-refractivity contribution in [3.63, 3.8) is 0 Å². The number of sulfonamides is 1. The van der Waals surface area contributed by atoms with Crippen molar-refractivity contribution < 1.29 is 21.6 Å². The lowest BCUT2D eigenvalue weighted by molar-refractivity contribution is -0.137. The average molecular weight is 389 g/mol. The molecular formula is C15H14F3N3O2S2. The lowest BCUT2D eigenvalue weighted by Crippen LogP contribution is -2.28. The summed E-state index contributed by atoms with van der Waals surface area (Å²) in [6, 6.07) is 10.5. The molecule has 0 atom stereocenters. The lowest BCUT2D eigenvalue weighted by Gasteiger charge is -2.13. The number of nitrogens with one attached hydrogen (secondary N) is 2. The number of rotatable bonds is 4. The Morgan fingerprint density at radius 3 is 2.32 bits per heavy atom. The molecule has 5 nitrogen and oxygen atoms in total. The third kappa shape index (κ3) is 5.69. The molecule has 0 heterocycles.